The van der Waals surface area contributed by atoms with Gasteiger partial charge in [-0.3, -0.25) is 9.69 Å². The van der Waals surface area contributed by atoms with Crippen LogP contribution in [-0.2, 0) is 4.79 Å². The van der Waals surface area contributed by atoms with Gasteiger partial charge in [-0.25, -0.2) is 0 Å². The van der Waals surface area contributed by atoms with Gasteiger partial charge in [-0.1, -0.05) is 0 Å². The monoisotopic (exact) mass is 264 g/mol. The molecule has 0 aliphatic carbocycles. The lowest BCUT2D eigenvalue weighted by molar-refractivity contribution is -0.141. The first kappa shape index (κ1) is 14.7. The number of nitriles is 1. The fourth-order valence-electron chi connectivity index (χ4n) is 1.79. The molecule has 0 aromatic heterocycles. The van der Waals surface area contributed by atoms with Crippen molar-refractivity contribution in [2.45, 2.75) is 25.2 Å². The molecule has 1 amide bonds. The van der Waals surface area contributed by atoms with Crippen LogP contribution in [0.15, 0.2) is 0 Å². The van der Waals surface area contributed by atoms with Crippen LogP contribution in [0.5, 0.6) is 0 Å². The highest BCUT2D eigenvalue weighted by Crippen LogP contribution is 2.13. The molecule has 2 unspecified atom stereocenters. The van der Waals surface area contributed by atoms with Crippen LogP contribution in [-0.4, -0.2) is 55.2 Å². The molecule has 18 heavy (non-hydrogen) atoms. The van der Waals surface area contributed by atoms with E-state index in [0.29, 0.717) is 19.6 Å². The summed E-state index contributed by atoms with van der Waals surface area (Å²) in [5, 5.41) is 13.7. The number of nitrogens with zero attached hydrogens (tertiary/aromatic N) is 2. The molecule has 0 aromatic carbocycles. The Hall–Kier alpha value is -1.33. The van der Waals surface area contributed by atoms with E-state index in [4.69, 9.17) is 5.26 Å². The Morgan fingerprint density at radius 3 is 2.89 bits per heavy atom. The minimum absolute atomic E-state index is 0.410. The smallest absolute Gasteiger partial charge is 0.346 e. The quantitative estimate of drug-likeness (QED) is 0.744. The Morgan fingerprint density at radius 1 is 1.67 bits per heavy atom. The fourth-order valence-corrected chi connectivity index (χ4v) is 1.79. The van der Waals surface area contributed by atoms with Gasteiger partial charge in [0.05, 0.1) is 12.1 Å². The molecule has 8 heteroatoms. The largest absolute Gasteiger partial charge is 0.405 e. The van der Waals surface area contributed by atoms with Gasteiger partial charge in [0, 0.05) is 19.6 Å². The van der Waals surface area contributed by atoms with Crippen LogP contribution >= 0.6 is 0 Å². The summed E-state index contributed by atoms with van der Waals surface area (Å²) in [6.45, 7) is 1.63. The molecular weight excluding hydrogens is 249 g/mol. The second-order valence-corrected chi connectivity index (χ2v) is 4.10. The molecule has 0 bridgehead atoms. The number of alkyl halides is 3. The number of rotatable bonds is 3. The second-order valence-electron chi connectivity index (χ2n) is 4.10. The molecular formula is C10H15F3N4O. The molecule has 0 radical (unpaired) electrons. The van der Waals surface area contributed by atoms with Crippen LogP contribution in [0.4, 0.5) is 13.2 Å². The summed E-state index contributed by atoms with van der Waals surface area (Å²) >= 11 is 0. The van der Waals surface area contributed by atoms with Gasteiger partial charge in [0.1, 0.15) is 12.6 Å². The second kappa shape index (κ2) is 6.02. The van der Waals surface area contributed by atoms with Crippen LogP contribution in [0, 0.1) is 11.3 Å². The van der Waals surface area contributed by atoms with Gasteiger partial charge >= 0.3 is 6.18 Å². The van der Waals surface area contributed by atoms with E-state index in [1.165, 1.54) is 6.92 Å². The number of carbonyl (C=O) groups excluding carboxylic acids is 1. The van der Waals surface area contributed by atoms with Crippen LogP contribution in [0.3, 0.4) is 0 Å². The number of halogens is 3. The standard InChI is InChI=1S/C10H15F3N4O/c1-7(9(18)16-6-10(11,12)13)17-3-2-15-5-8(17)4-14/h7-8,15H,2-3,5-6H2,1H3,(H,16,18). The predicted octanol–water partition coefficient (Wildman–Crippen LogP) is -0.149. The van der Waals surface area contributed by atoms with Crippen molar-refractivity contribution in [3.63, 3.8) is 0 Å². The summed E-state index contributed by atoms with van der Waals surface area (Å²) < 4.78 is 35.9. The van der Waals surface area contributed by atoms with Gasteiger partial charge in [-0.05, 0) is 6.92 Å². The van der Waals surface area contributed by atoms with Crippen molar-refractivity contribution in [2.75, 3.05) is 26.2 Å². The maximum Gasteiger partial charge on any atom is 0.405 e. The lowest BCUT2D eigenvalue weighted by atomic mass is 10.1. The van der Waals surface area contributed by atoms with E-state index in [2.05, 4.69) is 5.32 Å². The van der Waals surface area contributed by atoms with Crippen molar-refractivity contribution in [1.29, 1.82) is 5.26 Å². The average Bonchev–Trinajstić information content (AvgIpc) is 2.34. The van der Waals surface area contributed by atoms with Gasteiger partial charge < -0.3 is 10.6 Å². The molecule has 1 aliphatic heterocycles. The summed E-state index contributed by atoms with van der Waals surface area (Å²) in [4.78, 5) is 13.2. The third-order valence-electron chi connectivity index (χ3n) is 2.77. The molecule has 102 valence electrons. The number of amides is 1. The number of carbonyl (C=O) groups is 1. The molecule has 1 fully saturated rings. The zero-order valence-corrected chi connectivity index (χ0v) is 9.92. The van der Waals surface area contributed by atoms with E-state index in [9.17, 15) is 18.0 Å². The lowest BCUT2D eigenvalue weighted by Crippen LogP contribution is -2.58. The molecule has 0 aromatic rings. The molecule has 1 saturated heterocycles. The lowest BCUT2D eigenvalue weighted by Gasteiger charge is -2.35. The van der Waals surface area contributed by atoms with E-state index in [1.807, 2.05) is 11.4 Å². The third-order valence-corrected chi connectivity index (χ3v) is 2.77. The van der Waals surface area contributed by atoms with E-state index in [1.54, 1.807) is 4.90 Å². The van der Waals surface area contributed by atoms with Crippen molar-refractivity contribution < 1.29 is 18.0 Å². The molecule has 1 heterocycles. The fraction of sp³-hybridized carbons (Fsp3) is 0.800. The SMILES string of the molecule is CC(C(=O)NCC(F)(F)F)N1CCNCC1C#N. The molecule has 1 rings (SSSR count). The van der Waals surface area contributed by atoms with Crippen LogP contribution in [0.1, 0.15) is 6.92 Å². The number of nitrogens with one attached hydrogen (secondary N) is 2. The van der Waals surface area contributed by atoms with Crippen molar-refractivity contribution in [3.8, 4) is 6.07 Å². The summed E-state index contributed by atoms with van der Waals surface area (Å²) in [5.74, 6) is -0.713. The minimum Gasteiger partial charge on any atom is -0.346 e. The van der Waals surface area contributed by atoms with Gasteiger partial charge in [-0.2, -0.15) is 18.4 Å². The first-order valence-electron chi connectivity index (χ1n) is 5.55. The summed E-state index contributed by atoms with van der Waals surface area (Å²) in [5.41, 5.74) is 0. The molecule has 0 saturated carbocycles. The van der Waals surface area contributed by atoms with Gasteiger partial charge in [0.25, 0.3) is 0 Å². The predicted molar refractivity (Wildman–Crippen MR) is 57.5 cm³/mol. The summed E-state index contributed by atoms with van der Waals surface area (Å²) in [6.07, 6.45) is -4.42. The average molecular weight is 264 g/mol. The van der Waals surface area contributed by atoms with E-state index in [0.717, 1.165) is 0 Å². The highest BCUT2D eigenvalue weighted by Gasteiger charge is 2.33. The maximum absolute atomic E-state index is 12.0. The molecule has 1 aliphatic rings. The molecule has 0 spiro atoms. The molecule has 5 nitrogen and oxygen atoms in total. The normalized spacial score (nSPS) is 23.2. The van der Waals surface area contributed by atoms with Gasteiger partial charge in [0.15, 0.2) is 0 Å². The first-order valence-corrected chi connectivity index (χ1v) is 5.55. The number of piperazine rings is 1. The summed E-state index contributed by atoms with van der Waals surface area (Å²) in [6, 6.07) is 0.777. The highest BCUT2D eigenvalue weighted by molar-refractivity contribution is 5.81. The number of hydrogen-bond acceptors (Lipinski definition) is 4. The Balaban J connectivity index is 2.54. The first-order chi connectivity index (χ1) is 8.35. The van der Waals surface area contributed by atoms with Crippen molar-refractivity contribution in [2.24, 2.45) is 0 Å². The van der Waals surface area contributed by atoms with Crippen LogP contribution in [0.2, 0.25) is 0 Å². The number of hydrogen-bond donors (Lipinski definition) is 2. The van der Waals surface area contributed by atoms with E-state index < -0.39 is 30.7 Å². The topological polar surface area (TPSA) is 68.2 Å². The van der Waals surface area contributed by atoms with Crippen LogP contribution in [0.25, 0.3) is 0 Å². The Kier molecular flexibility index (Phi) is 4.93. The molecule has 2 atom stereocenters. The Labute approximate surface area is 103 Å². The zero-order chi connectivity index (χ0) is 13.8. The van der Waals surface area contributed by atoms with Crippen molar-refractivity contribution in [3.05, 3.63) is 0 Å². The minimum atomic E-state index is -4.42. The Morgan fingerprint density at radius 2 is 2.33 bits per heavy atom. The Bertz CT molecular complexity index is 339. The zero-order valence-electron chi connectivity index (χ0n) is 9.92. The van der Waals surface area contributed by atoms with Crippen molar-refractivity contribution in [1.82, 2.24) is 15.5 Å². The van der Waals surface area contributed by atoms with Gasteiger partial charge in [0.2, 0.25) is 5.91 Å². The van der Waals surface area contributed by atoms with Crippen molar-refractivity contribution >= 4 is 5.91 Å². The van der Waals surface area contributed by atoms with E-state index >= 15 is 0 Å². The maximum atomic E-state index is 12.0. The highest BCUT2D eigenvalue weighted by atomic mass is 19.4. The van der Waals surface area contributed by atoms with Gasteiger partial charge in [-0.15, -0.1) is 0 Å². The van der Waals surface area contributed by atoms with E-state index in [-0.39, 0.29) is 0 Å². The third kappa shape index (κ3) is 4.16. The molecule has 2 N–H and O–H groups in total. The van der Waals surface area contributed by atoms with Crippen LogP contribution < -0.4 is 10.6 Å². The summed E-state index contributed by atoms with van der Waals surface area (Å²) in [7, 11) is 0.